The zero-order chi connectivity index (χ0) is 20.3. The van der Waals surface area contributed by atoms with Gasteiger partial charge in [0.05, 0.1) is 28.1 Å². The van der Waals surface area contributed by atoms with Crippen LogP contribution in [0.1, 0.15) is 22.8 Å². The maximum atomic E-state index is 12.1. The number of benzene rings is 2. The first-order valence-corrected chi connectivity index (χ1v) is 8.34. The molecule has 144 valence electrons. The number of rotatable bonds is 6. The molecule has 0 atom stereocenters. The molecular weight excluding hydrogens is 368 g/mol. The minimum atomic E-state index is -0.903. The molecule has 2 aromatic carbocycles. The number of nitrogens with zero attached hydrogens (tertiary/aromatic N) is 1. The highest BCUT2D eigenvalue weighted by Crippen LogP contribution is 2.23. The lowest BCUT2D eigenvalue weighted by Crippen LogP contribution is -2.29. The van der Waals surface area contributed by atoms with Crippen LogP contribution >= 0.6 is 0 Å². The van der Waals surface area contributed by atoms with Crippen molar-refractivity contribution in [3.63, 3.8) is 0 Å². The number of hydrogen-bond donors (Lipinski definition) is 3. The number of fused-ring (bicyclic) bond motifs is 1. The van der Waals surface area contributed by atoms with Gasteiger partial charge in [-0.15, -0.1) is 0 Å². The van der Waals surface area contributed by atoms with E-state index in [0.29, 0.717) is 16.8 Å². The Morgan fingerprint density at radius 3 is 2.61 bits per heavy atom. The SMILES string of the molecule is CCOC(=O)c1ccccc1NCc1cc([N+](=O)[O-])cc2[nH]c(=O)c(=O)[nH]c12. The summed E-state index contributed by atoms with van der Waals surface area (Å²) in [7, 11) is 0. The van der Waals surface area contributed by atoms with Crippen LogP contribution in [0.25, 0.3) is 11.0 Å². The van der Waals surface area contributed by atoms with Crippen LogP contribution in [0.3, 0.4) is 0 Å². The molecule has 1 heterocycles. The Kier molecular flexibility index (Phi) is 5.21. The number of nitro groups is 1. The van der Waals surface area contributed by atoms with Gasteiger partial charge in [0, 0.05) is 29.9 Å². The largest absolute Gasteiger partial charge is 0.462 e. The molecule has 0 spiro atoms. The number of carbonyl (C=O) groups is 1. The number of esters is 1. The van der Waals surface area contributed by atoms with Gasteiger partial charge in [-0.25, -0.2) is 4.79 Å². The van der Waals surface area contributed by atoms with Gasteiger partial charge in [-0.3, -0.25) is 19.7 Å². The van der Waals surface area contributed by atoms with Crippen LogP contribution in [0.4, 0.5) is 11.4 Å². The summed E-state index contributed by atoms with van der Waals surface area (Å²) in [6, 6.07) is 9.11. The van der Waals surface area contributed by atoms with Gasteiger partial charge in [0.1, 0.15) is 0 Å². The molecule has 0 bridgehead atoms. The number of anilines is 1. The van der Waals surface area contributed by atoms with Crippen molar-refractivity contribution in [1.29, 1.82) is 0 Å². The number of non-ortho nitro benzene ring substituents is 1. The molecule has 0 aliphatic rings. The molecule has 28 heavy (non-hydrogen) atoms. The predicted octanol–water partition coefficient (Wildman–Crippen LogP) is 1.91. The zero-order valence-corrected chi connectivity index (χ0v) is 14.8. The Bertz CT molecular complexity index is 1180. The van der Waals surface area contributed by atoms with Crippen molar-refractivity contribution in [2.45, 2.75) is 13.5 Å². The van der Waals surface area contributed by atoms with E-state index in [-0.39, 0.29) is 29.9 Å². The van der Waals surface area contributed by atoms with E-state index < -0.39 is 22.0 Å². The number of ether oxygens (including phenoxy) is 1. The quantitative estimate of drug-likeness (QED) is 0.254. The first-order chi connectivity index (χ1) is 13.4. The van der Waals surface area contributed by atoms with Crippen molar-refractivity contribution in [3.05, 3.63) is 78.3 Å². The number of hydrogen-bond acceptors (Lipinski definition) is 7. The Morgan fingerprint density at radius 2 is 1.89 bits per heavy atom. The van der Waals surface area contributed by atoms with E-state index in [1.807, 2.05) is 0 Å². The fourth-order valence-electron chi connectivity index (χ4n) is 2.74. The molecule has 1 aromatic heterocycles. The van der Waals surface area contributed by atoms with Crippen LogP contribution in [-0.4, -0.2) is 27.5 Å². The van der Waals surface area contributed by atoms with Gasteiger partial charge in [-0.1, -0.05) is 12.1 Å². The second-order valence-corrected chi connectivity index (χ2v) is 5.81. The van der Waals surface area contributed by atoms with Crippen LogP contribution in [0.15, 0.2) is 46.0 Å². The van der Waals surface area contributed by atoms with E-state index in [9.17, 15) is 24.5 Å². The fraction of sp³-hybridized carbons (Fsp3) is 0.167. The summed E-state index contributed by atoms with van der Waals surface area (Å²) in [5.41, 5.74) is -0.477. The first-order valence-electron chi connectivity index (χ1n) is 8.34. The number of aromatic amines is 2. The monoisotopic (exact) mass is 384 g/mol. The van der Waals surface area contributed by atoms with Gasteiger partial charge in [-0.2, -0.15) is 0 Å². The standard InChI is InChI=1S/C18H16N4O6/c1-2-28-18(25)12-5-3-4-6-13(12)19-9-10-7-11(22(26)27)8-14-15(10)21-17(24)16(23)20-14/h3-8,19H,2,9H2,1H3,(H,20,23)(H,21,24). The molecule has 0 amide bonds. The molecule has 0 saturated carbocycles. The highest BCUT2D eigenvalue weighted by Gasteiger charge is 2.16. The highest BCUT2D eigenvalue weighted by molar-refractivity contribution is 5.95. The van der Waals surface area contributed by atoms with Crippen LogP contribution in [0, 0.1) is 10.1 Å². The minimum Gasteiger partial charge on any atom is -0.462 e. The van der Waals surface area contributed by atoms with Gasteiger partial charge >= 0.3 is 17.1 Å². The lowest BCUT2D eigenvalue weighted by atomic mass is 10.1. The Morgan fingerprint density at radius 1 is 1.18 bits per heavy atom. The third-order valence-corrected chi connectivity index (χ3v) is 4.00. The maximum Gasteiger partial charge on any atom is 0.340 e. The molecule has 0 radical (unpaired) electrons. The van der Waals surface area contributed by atoms with Crippen molar-refractivity contribution in [3.8, 4) is 0 Å². The summed E-state index contributed by atoms with van der Waals surface area (Å²) in [4.78, 5) is 50.7. The van der Waals surface area contributed by atoms with Crippen molar-refractivity contribution in [2.24, 2.45) is 0 Å². The average Bonchev–Trinajstić information content (AvgIpc) is 2.67. The van der Waals surface area contributed by atoms with Crippen LogP contribution in [0.5, 0.6) is 0 Å². The first kappa shape index (κ1) is 18.8. The van der Waals surface area contributed by atoms with E-state index in [4.69, 9.17) is 4.74 Å². The Balaban J connectivity index is 2.02. The molecule has 10 nitrogen and oxygen atoms in total. The van der Waals surface area contributed by atoms with E-state index in [1.165, 1.54) is 12.1 Å². The van der Waals surface area contributed by atoms with Crippen molar-refractivity contribution < 1.29 is 14.5 Å². The molecule has 10 heteroatoms. The number of carbonyl (C=O) groups excluding carboxylic acids is 1. The summed E-state index contributed by atoms with van der Waals surface area (Å²) in [5, 5.41) is 14.2. The molecule has 0 fully saturated rings. The van der Waals surface area contributed by atoms with Crippen LogP contribution in [0.2, 0.25) is 0 Å². The van der Waals surface area contributed by atoms with E-state index >= 15 is 0 Å². The topological polar surface area (TPSA) is 147 Å². The van der Waals surface area contributed by atoms with E-state index in [0.717, 1.165) is 0 Å². The third kappa shape index (κ3) is 3.75. The molecule has 3 rings (SSSR count). The second kappa shape index (κ2) is 7.74. The average molecular weight is 384 g/mol. The molecule has 0 aliphatic heterocycles. The third-order valence-electron chi connectivity index (χ3n) is 4.00. The molecule has 0 aliphatic carbocycles. The zero-order valence-electron chi connectivity index (χ0n) is 14.8. The van der Waals surface area contributed by atoms with Gasteiger partial charge in [-0.05, 0) is 19.1 Å². The summed E-state index contributed by atoms with van der Waals surface area (Å²) < 4.78 is 5.01. The van der Waals surface area contributed by atoms with E-state index in [1.54, 1.807) is 31.2 Å². The minimum absolute atomic E-state index is 0.0522. The number of aromatic nitrogens is 2. The number of para-hydroxylation sites is 1. The molecular formula is C18H16N4O6. The fourth-order valence-corrected chi connectivity index (χ4v) is 2.74. The normalized spacial score (nSPS) is 10.6. The summed E-state index contributed by atoms with van der Waals surface area (Å²) in [5.74, 6) is -0.507. The number of nitro benzene ring substituents is 1. The van der Waals surface area contributed by atoms with Crippen LogP contribution < -0.4 is 16.4 Å². The Labute approximate surface area is 157 Å². The van der Waals surface area contributed by atoms with Crippen LogP contribution in [-0.2, 0) is 11.3 Å². The smallest absolute Gasteiger partial charge is 0.340 e. The second-order valence-electron chi connectivity index (χ2n) is 5.81. The molecule has 3 N–H and O–H groups in total. The molecule has 3 aromatic rings. The predicted molar refractivity (Wildman–Crippen MR) is 102 cm³/mol. The van der Waals surface area contributed by atoms with Crippen molar-refractivity contribution >= 4 is 28.4 Å². The van der Waals surface area contributed by atoms with Crippen molar-refractivity contribution in [1.82, 2.24) is 9.97 Å². The summed E-state index contributed by atoms with van der Waals surface area (Å²) >= 11 is 0. The number of nitrogens with one attached hydrogen (secondary N) is 3. The molecule has 0 unspecified atom stereocenters. The van der Waals surface area contributed by atoms with Gasteiger partial charge in [0.15, 0.2) is 0 Å². The summed E-state index contributed by atoms with van der Waals surface area (Å²) in [6.45, 7) is 1.97. The lowest BCUT2D eigenvalue weighted by Gasteiger charge is -2.12. The van der Waals surface area contributed by atoms with Gasteiger partial charge in [0.25, 0.3) is 5.69 Å². The highest BCUT2D eigenvalue weighted by atomic mass is 16.6. The summed E-state index contributed by atoms with van der Waals surface area (Å²) in [6.07, 6.45) is 0. The molecule has 0 saturated heterocycles. The Hall–Kier alpha value is -3.95. The number of H-pyrrole nitrogens is 2. The van der Waals surface area contributed by atoms with Gasteiger partial charge < -0.3 is 20.0 Å². The van der Waals surface area contributed by atoms with Gasteiger partial charge in [0.2, 0.25) is 0 Å². The lowest BCUT2D eigenvalue weighted by molar-refractivity contribution is -0.384. The maximum absolute atomic E-state index is 12.1. The van der Waals surface area contributed by atoms with Crippen molar-refractivity contribution in [2.75, 3.05) is 11.9 Å². The van der Waals surface area contributed by atoms with E-state index in [2.05, 4.69) is 15.3 Å².